The second-order valence-electron chi connectivity index (χ2n) is 2.58. The summed E-state index contributed by atoms with van der Waals surface area (Å²) in [6, 6.07) is 5.97. The van der Waals surface area contributed by atoms with Crippen molar-refractivity contribution in [3.8, 4) is 0 Å². The van der Waals surface area contributed by atoms with Gasteiger partial charge in [0.1, 0.15) is 5.84 Å². The van der Waals surface area contributed by atoms with E-state index in [1.807, 2.05) is 0 Å². The van der Waals surface area contributed by atoms with Crippen molar-refractivity contribution in [3.63, 3.8) is 0 Å². The first-order valence-corrected chi connectivity index (χ1v) is 4.19. The average molecular weight is 217 g/mol. The average Bonchev–Trinajstić information content (AvgIpc) is 2.28. The molecule has 1 rings (SSSR count). The van der Waals surface area contributed by atoms with Gasteiger partial charge in [0.2, 0.25) is 0 Å². The molecule has 76 valence electrons. The molecule has 1 aromatic rings. The Morgan fingerprint density at radius 1 is 1.57 bits per heavy atom. The molecular formula is C9H11ClN2O2. The fourth-order valence-electron chi connectivity index (χ4n) is 0.897. The van der Waals surface area contributed by atoms with Gasteiger partial charge in [-0.2, -0.15) is 0 Å². The first kappa shape index (κ1) is 8.08. The summed E-state index contributed by atoms with van der Waals surface area (Å²) < 4.78 is 15.0. The van der Waals surface area contributed by atoms with Crippen LogP contribution in [0.4, 0.5) is 0 Å². The summed E-state index contributed by atoms with van der Waals surface area (Å²) in [5.41, 5.74) is 5.45. The number of aliphatic hydroxyl groups is 1. The molecule has 0 spiro atoms. The quantitative estimate of drug-likeness (QED) is 0.310. The first-order chi connectivity index (χ1) is 7.39. The van der Waals surface area contributed by atoms with Crippen LogP contribution >= 0.6 is 11.6 Å². The number of aliphatic hydroxyl groups excluding tert-OH is 1. The van der Waals surface area contributed by atoms with E-state index in [-0.39, 0.29) is 0 Å². The fraction of sp³-hybridized carbons (Fsp3) is 0.222. The van der Waals surface area contributed by atoms with Crippen LogP contribution in [0.3, 0.4) is 0 Å². The summed E-state index contributed by atoms with van der Waals surface area (Å²) in [4.78, 5) is 0. The van der Waals surface area contributed by atoms with Crippen LogP contribution in [0.15, 0.2) is 29.4 Å². The lowest BCUT2D eigenvalue weighted by atomic mass is 10.1. The van der Waals surface area contributed by atoms with Gasteiger partial charge in [-0.25, -0.2) is 0 Å². The van der Waals surface area contributed by atoms with Gasteiger partial charge in [-0.3, -0.25) is 0 Å². The minimum absolute atomic E-state index is 0.293. The smallest absolute Gasteiger partial charge is 0.142 e. The van der Waals surface area contributed by atoms with Gasteiger partial charge in [0, 0.05) is 14.1 Å². The molecule has 0 fully saturated rings. The second-order valence-corrected chi connectivity index (χ2v) is 3.02. The van der Waals surface area contributed by atoms with Gasteiger partial charge in [-0.05, 0) is 17.7 Å². The predicted molar refractivity (Wildman–Crippen MR) is 54.4 cm³/mol. The molecule has 0 saturated carbocycles. The number of benzene rings is 1. The van der Waals surface area contributed by atoms with Gasteiger partial charge in [-0.1, -0.05) is 28.9 Å². The number of hydrogen-bond donors (Lipinski definition) is 3. The van der Waals surface area contributed by atoms with Crippen LogP contribution in [-0.4, -0.2) is 16.1 Å². The number of hydrogen-bond acceptors (Lipinski definition) is 3. The van der Waals surface area contributed by atoms with Crippen LogP contribution in [0.25, 0.3) is 0 Å². The zero-order valence-corrected chi connectivity index (χ0v) is 7.94. The van der Waals surface area contributed by atoms with Crippen LogP contribution < -0.4 is 5.73 Å². The van der Waals surface area contributed by atoms with E-state index < -0.39 is 18.3 Å². The third kappa shape index (κ3) is 2.90. The van der Waals surface area contributed by atoms with Crippen LogP contribution in [0.5, 0.6) is 0 Å². The van der Waals surface area contributed by atoms with Crippen LogP contribution in [0, 0.1) is 0 Å². The molecule has 1 atom stereocenters. The predicted octanol–water partition coefficient (Wildman–Crippen LogP) is 1.51. The zero-order valence-electron chi connectivity index (χ0n) is 9.18. The molecule has 4 nitrogen and oxygen atoms in total. The van der Waals surface area contributed by atoms with Crippen LogP contribution in [0.1, 0.15) is 20.8 Å². The molecule has 0 heterocycles. The highest BCUT2D eigenvalue weighted by molar-refractivity contribution is 6.30. The third-order valence-electron chi connectivity index (χ3n) is 1.58. The maximum Gasteiger partial charge on any atom is 0.142 e. The number of nitrogens with two attached hydrogens (primary N) is 1. The standard InChI is InChI=1S/C9H11ClN2O2/c10-7-3-1-6(2-4-7)8(13)5-9(11)12-14/h1-4,8,13-14H,5H2,(H2,11,12)/i5D2. The highest BCUT2D eigenvalue weighted by Gasteiger charge is 2.09. The lowest BCUT2D eigenvalue weighted by Gasteiger charge is -2.09. The van der Waals surface area contributed by atoms with E-state index in [2.05, 4.69) is 5.16 Å². The molecule has 0 radical (unpaired) electrons. The molecule has 1 unspecified atom stereocenters. The Hall–Kier alpha value is -1.26. The van der Waals surface area contributed by atoms with Gasteiger partial charge in [0.05, 0.1) is 6.10 Å². The Balaban J connectivity index is 3.02. The van der Waals surface area contributed by atoms with E-state index in [1.165, 1.54) is 24.3 Å². The van der Waals surface area contributed by atoms with Crippen molar-refractivity contribution in [2.24, 2.45) is 10.9 Å². The number of halogens is 1. The van der Waals surface area contributed by atoms with Crippen molar-refractivity contribution in [3.05, 3.63) is 34.9 Å². The highest BCUT2D eigenvalue weighted by Crippen LogP contribution is 2.18. The Labute approximate surface area is 89.4 Å². The molecule has 4 N–H and O–H groups in total. The maximum absolute atomic E-state index is 9.75. The van der Waals surface area contributed by atoms with Crippen LogP contribution in [0.2, 0.25) is 5.02 Å². The van der Waals surface area contributed by atoms with Gasteiger partial charge >= 0.3 is 0 Å². The summed E-state index contributed by atoms with van der Waals surface area (Å²) in [6.45, 7) is 0. The fourth-order valence-corrected chi connectivity index (χ4v) is 1.02. The molecule has 14 heavy (non-hydrogen) atoms. The Morgan fingerprint density at radius 2 is 2.14 bits per heavy atom. The SMILES string of the molecule is [2H]C([2H])(/C(N)=N/O)C(O)c1ccc(Cl)cc1. The van der Waals surface area contributed by atoms with Crippen molar-refractivity contribution in [1.29, 1.82) is 0 Å². The summed E-state index contributed by atoms with van der Waals surface area (Å²) in [5, 5.41) is 21.2. The lowest BCUT2D eigenvalue weighted by Crippen LogP contribution is -2.15. The van der Waals surface area contributed by atoms with Gasteiger partial charge in [0.15, 0.2) is 0 Å². The normalized spacial score (nSPS) is 17.1. The zero-order chi connectivity index (χ0) is 12.3. The largest absolute Gasteiger partial charge is 0.409 e. The molecule has 0 aliphatic rings. The number of amidine groups is 1. The third-order valence-corrected chi connectivity index (χ3v) is 1.83. The van der Waals surface area contributed by atoms with Crippen molar-refractivity contribution < 1.29 is 13.1 Å². The van der Waals surface area contributed by atoms with Crippen LogP contribution in [-0.2, 0) is 0 Å². The summed E-state index contributed by atoms with van der Waals surface area (Å²) in [5.74, 6) is -0.685. The number of nitrogens with zero attached hydrogens (tertiary/aromatic N) is 1. The van der Waals surface area contributed by atoms with Crippen molar-refractivity contribution in [2.75, 3.05) is 0 Å². The molecule has 0 aliphatic carbocycles. The number of oxime groups is 1. The summed E-state index contributed by atoms with van der Waals surface area (Å²) in [6.07, 6.45) is -3.87. The molecule has 0 amide bonds. The Kier molecular flexibility index (Phi) is 2.79. The van der Waals surface area contributed by atoms with Crippen molar-refractivity contribution in [2.45, 2.75) is 12.5 Å². The molecular weight excluding hydrogens is 204 g/mol. The maximum atomic E-state index is 9.75. The molecule has 0 saturated heterocycles. The highest BCUT2D eigenvalue weighted by atomic mass is 35.5. The monoisotopic (exact) mass is 216 g/mol. The van der Waals surface area contributed by atoms with E-state index >= 15 is 0 Å². The molecule has 0 aromatic heterocycles. The minimum atomic E-state index is -2.34. The summed E-state index contributed by atoms with van der Waals surface area (Å²) >= 11 is 5.66. The van der Waals surface area contributed by atoms with E-state index in [4.69, 9.17) is 25.3 Å². The van der Waals surface area contributed by atoms with E-state index in [9.17, 15) is 5.11 Å². The van der Waals surface area contributed by atoms with E-state index in [0.29, 0.717) is 10.6 Å². The minimum Gasteiger partial charge on any atom is -0.409 e. The van der Waals surface area contributed by atoms with Gasteiger partial charge in [0.25, 0.3) is 0 Å². The molecule has 0 bridgehead atoms. The van der Waals surface area contributed by atoms with Crippen molar-refractivity contribution in [1.82, 2.24) is 0 Å². The molecule has 5 heteroatoms. The summed E-state index contributed by atoms with van der Waals surface area (Å²) in [7, 11) is 0. The lowest BCUT2D eigenvalue weighted by molar-refractivity contribution is 0.184. The number of rotatable bonds is 3. The van der Waals surface area contributed by atoms with E-state index in [1.54, 1.807) is 0 Å². The Morgan fingerprint density at radius 3 is 2.64 bits per heavy atom. The van der Waals surface area contributed by atoms with Gasteiger partial charge < -0.3 is 16.0 Å². The van der Waals surface area contributed by atoms with Gasteiger partial charge in [-0.15, -0.1) is 0 Å². The Bertz CT molecular complexity index is 395. The van der Waals surface area contributed by atoms with E-state index in [0.717, 1.165) is 0 Å². The first-order valence-electron chi connectivity index (χ1n) is 4.81. The molecule has 1 aromatic carbocycles. The second kappa shape index (κ2) is 4.83. The molecule has 0 aliphatic heterocycles. The van der Waals surface area contributed by atoms with Crippen molar-refractivity contribution >= 4 is 17.4 Å². The topological polar surface area (TPSA) is 78.8 Å².